The summed E-state index contributed by atoms with van der Waals surface area (Å²) in [6.45, 7) is 1.60. The summed E-state index contributed by atoms with van der Waals surface area (Å²) in [5.41, 5.74) is 0.397. The Kier molecular flexibility index (Phi) is 6.99. The molecule has 4 nitrogen and oxygen atoms in total. The largest absolute Gasteiger partial charge is 0.447 e. The van der Waals surface area contributed by atoms with Gasteiger partial charge in [0.25, 0.3) is 0 Å². The molecule has 2 heterocycles. The van der Waals surface area contributed by atoms with Gasteiger partial charge in [-0.25, -0.2) is 18.0 Å². The van der Waals surface area contributed by atoms with E-state index in [9.17, 15) is 18.0 Å². The summed E-state index contributed by atoms with van der Waals surface area (Å²) in [6, 6.07) is 3.92. The first-order chi connectivity index (χ1) is 13.1. The maximum absolute atomic E-state index is 14.1. The zero-order chi connectivity index (χ0) is 19.2. The predicted molar refractivity (Wildman–Crippen MR) is 96.0 cm³/mol. The minimum atomic E-state index is -0.671. The Morgan fingerprint density at radius 3 is 2.63 bits per heavy atom. The molecule has 2 saturated heterocycles. The van der Waals surface area contributed by atoms with Crippen molar-refractivity contribution in [3.63, 3.8) is 0 Å². The Bertz CT molecular complexity index is 636. The van der Waals surface area contributed by atoms with E-state index in [0.717, 1.165) is 44.7 Å². The lowest BCUT2D eigenvalue weighted by Crippen LogP contribution is -2.48. The second-order valence-electron chi connectivity index (χ2n) is 7.40. The van der Waals surface area contributed by atoms with Gasteiger partial charge in [0.15, 0.2) is 0 Å². The van der Waals surface area contributed by atoms with Gasteiger partial charge in [0.05, 0.1) is 0 Å². The zero-order valence-electron chi connectivity index (χ0n) is 15.5. The third-order valence-corrected chi connectivity index (χ3v) is 5.69. The molecule has 1 amide bonds. The molecule has 150 valence electrons. The fraction of sp³-hybridized carbons (Fsp3) is 0.650. The lowest BCUT2D eigenvalue weighted by molar-refractivity contribution is 0.0443. The predicted octanol–water partition coefficient (Wildman–Crippen LogP) is 4.14. The number of benzene rings is 1. The molecule has 2 aliphatic rings. The van der Waals surface area contributed by atoms with Crippen LogP contribution in [0.4, 0.5) is 18.0 Å². The fourth-order valence-electron chi connectivity index (χ4n) is 4.31. The zero-order valence-corrected chi connectivity index (χ0v) is 15.5. The van der Waals surface area contributed by atoms with E-state index in [1.54, 1.807) is 4.90 Å². The molecule has 2 fully saturated rings. The van der Waals surface area contributed by atoms with Gasteiger partial charge in [0, 0.05) is 31.2 Å². The number of hydrogen-bond acceptors (Lipinski definition) is 3. The molecule has 3 rings (SSSR count). The quantitative estimate of drug-likeness (QED) is 0.765. The van der Waals surface area contributed by atoms with Crippen molar-refractivity contribution in [2.75, 3.05) is 32.9 Å². The molecule has 0 bridgehead atoms. The van der Waals surface area contributed by atoms with Crippen LogP contribution in [-0.2, 0) is 11.3 Å². The first-order valence-corrected chi connectivity index (χ1v) is 9.74. The molecule has 1 unspecified atom stereocenters. The molecule has 1 aromatic rings. The van der Waals surface area contributed by atoms with Crippen molar-refractivity contribution in [2.45, 2.75) is 44.7 Å². The van der Waals surface area contributed by atoms with E-state index in [1.807, 2.05) is 0 Å². The number of piperidine rings is 2. The smallest absolute Gasteiger partial charge is 0.409 e. The molecule has 0 N–H and O–H groups in total. The summed E-state index contributed by atoms with van der Waals surface area (Å²) in [5, 5.41) is 0. The monoisotopic (exact) mass is 384 g/mol. The lowest BCUT2D eigenvalue weighted by atomic mass is 9.83. The Morgan fingerprint density at radius 1 is 1.11 bits per heavy atom. The molecule has 0 radical (unpaired) electrons. The van der Waals surface area contributed by atoms with Gasteiger partial charge in [-0.05, 0) is 56.3 Å². The molecule has 2 aliphatic heterocycles. The minimum absolute atomic E-state index is 0.200. The van der Waals surface area contributed by atoms with Gasteiger partial charge in [-0.2, -0.15) is 0 Å². The third kappa shape index (κ3) is 5.15. The normalized spacial score (nSPS) is 22.0. The van der Waals surface area contributed by atoms with Gasteiger partial charge < -0.3 is 9.64 Å². The Hall–Kier alpha value is -1.76. The highest BCUT2D eigenvalue weighted by Gasteiger charge is 2.34. The number of ether oxygens (including phenoxy) is 1. The Morgan fingerprint density at radius 2 is 1.89 bits per heavy atom. The van der Waals surface area contributed by atoms with Crippen LogP contribution in [0.3, 0.4) is 0 Å². The highest BCUT2D eigenvalue weighted by molar-refractivity contribution is 5.67. The lowest BCUT2D eigenvalue weighted by Gasteiger charge is -2.43. The molecule has 1 aromatic carbocycles. The van der Waals surface area contributed by atoms with E-state index in [2.05, 4.69) is 4.90 Å². The van der Waals surface area contributed by atoms with Crippen molar-refractivity contribution < 1.29 is 22.7 Å². The summed E-state index contributed by atoms with van der Waals surface area (Å²) < 4.78 is 44.6. The molecule has 0 aromatic heterocycles. The van der Waals surface area contributed by atoms with Crippen LogP contribution in [0.5, 0.6) is 0 Å². The van der Waals surface area contributed by atoms with Crippen LogP contribution >= 0.6 is 0 Å². The highest BCUT2D eigenvalue weighted by atomic mass is 19.1. The molecule has 7 heteroatoms. The molecule has 27 heavy (non-hydrogen) atoms. The highest BCUT2D eigenvalue weighted by Crippen LogP contribution is 2.32. The number of amides is 1. The number of nitrogens with zero attached hydrogens (tertiary/aromatic N) is 2. The maximum Gasteiger partial charge on any atom is 0.409 e. The van der Waals surface area contributed by atoms with Crippen LogP contribution in [0, 0.1) is 17.6 Å². The van der Waals surface area contributed by atoms with E-state index < -0.39 is 18.6 Å². The number of rotatable bonds is 5. The number of likely N-dealkylation sites (tertiary alicyclic amines) is 2. The van der Waals surface area contributed by atoms with Crippen LogP contribution in [0.15, 0.2) is 18.2 Å². The summed E-state index contributed by atoms with van der Waals surface area (Å²) in [4.78, 5) is 15.8. The average molecular weight is 384 g/mol. The van der Waals surface area contributed by atoms with Crippen molar-refractivity contribution in [1.82, 2.24) is 9.80 Å². The first kappa shape index (κ1) is 20.0. The minimum Gasteiger partial charge on any atom is -0.447 e. The van der Waals surface area contributed by atoms with Crippen LogP contribution < -0.4 is 0 Å². The summed E-state index contributed by atoms with van der Waals surface area (Å²) in [7, 11) is 0. The van der Waals surface area contributed by atoms with Crippen LogP contribution in [-0.4, -0.2) is 54.9 Å². The number of carbonyl (C=O) groups is 1. The maximum atomic E-state index is 14.1. The van der Waals surface area contributed by atoms with Crippen molar-refractivity contribution >= 4 is 6.09 Å². The number of carbonyl (C=O) groups excluding carboxylic acids is 1. The van der Waals surface area contributed by atoms with Gasteiger partial charge >= 0.3 is 6.09 Å². The third-order valence-electron chi connectivity index (χ3n) is 5.69. The molecule has 1 atom stereocenters. The number of halogens is 3. The standard InChI is InChI=1S/C20H27F3N2O2/c21-8-12-27-20(26)24-10-6-15(7-11-24)19-3-1-2-9-25(19)14-16-13-17(22)4-5-18(16)23/h4-5,13,15,19H,1-3,6-12,14H2. The fourth-order valence-corrected chi connectivity index (χ4v) is 4.31. The SMILES string of the molecule is O=C(OCCF)N1CCC(C2CCCCN2Cc2cc(F)ccc2F)CC1. The van der Waals surface area contributed by atoms with E-state index in [4.69, 9.17) is 4.74 Å². The Labute approximate surface area is 158 Å². The summed E-state index contributed by atoms with van der Waals surface area (Å²) >= 11 is 0. The van der Waals surface area contributed by atoms with Gasteiger partial charge in [0.2, 0.25) is 0 Å². The van der Waals surface area contributed by atoms with Gasteiger partial charge in [-0.3, -0.25) is 4.90 Å². The van der Waals surface area contributed by atoms with E-state index >= 15 is 0 Å². The summed E-state index contributed by atoms with van der Waals surface area (Å²) in [6.07, 6.45) is 4.46. The first-order valence-electron chi connectivity index (χ1n) is 9.74. The van der Waals surface area contributed by atoms with E-state index in [0.29, 0.717) is 37.2 Å². The van der Waals surface area contributed by atoms with Crippen LogP contribution in [0.25, 0.3) is 0 Å². The second kappa shape index (κ2) is 9.44. The number of alkyl halides is 1. The van der Waals surface area contributed by atoms with Crippen LogP contribution in [0.1, 0.15) is 37.7 Å². The average Bonchev–Trinajstić information content (AvgIpc) is 2.69. The van der Waals surface area contributed by atoms with Gasteiger partial charge in [-0.1, -0.05) is 6.42 Å². The van der Waals surface area contributed by atoms with E-state index in [1.165, 1.54) is 12.1 Å². The van der Waals surface area contributed by atoms with Crippen molar-refractivity contribution in [3.05, 3.63) is 35.4 Å². The topological polar surface area (TPSA) is 32.8 Å². The van der Waals surface area contributed by atoms with Gasteiger partial charge in [-0.15, -0.1) is 0 Å². The second-order valence-corrected chi connectivity index (χ2v) is 7.40. The van der Waals surface area contributed by atoms with Crippen LogP contribution in [0.2, 0.25) is 0 Å². The van der Waals surface area contributed by atoms with Gasteiger partial charge in [0.1, 0.15) is 24.9 Å². The van der Waals surface area contributed by atoms with Crippen molar-refractivity contribution in [2.24, 2.45) is 5.92 Å². The molecule has 0 aliphatic carbocycles. The van der Waals surface area contributed by atoms with Crippen molar-refractivity contribution in [3.8, 4) is 0 Å². The van der Waals surface area contributed by atoms with E-state index in [-0.39, 0.29) is 12.4 Å². The van der Waals surface area contributed by atoms with Crippen molar-refractivity contribution in [1.29, 1.82) is 0 Å². The number of hydrogen-bond donors (Lipinski definition) is 0. The molecule has 0 saturated carbocycles. The molecular weight excluding hydrogens is 357 g/mol. The molecular formula is C20H27F3N2O2. The summed E-state index contributed by atoms with van der Waals surface area (Å²) in [5.74, 6) is -0.377. The Balaban J connectivity index is 1.59. The molecule has 0 spiro atoms.